The molecule has 0 radical (unpaired) electrons. The van der Waals surface area contributed by atoms with Crippen molar-refractivity contribution in [1.82, 2.24) is 46.6 Å². The Morgan fingerprint density at radius 1 is 0.622 bits per heavy atom. The lowest BCUT2D eigenvalue weighted by Crippen LogP contribution is -2.59. The van der Waals surface area contributed by atoms with E-state index in [0.29, 0.717) is 69.0 Å². The summed E-state index contributed by atoms with van der Waals surface area (Å²) >= 11 is 0. The predicted octanol–water partition coefficient (Wildman–Crippen LogP) is -2.70. The Morgan fingerprint density at radius 3 is 1.74 bits per heavy atom. The van der Waals surface area contributed by atoms with Crippen molar-refractivity contribution in [1.29, 1.82) is 5.41 Å². The third kappa shape index (κ3) is 16.7. The molecule has 2 aromatic rings. The average molecular weight is 1030 g/mol. The Balaban J connectivity index is 1.20. The minimum Gasteiger partial charge on any atom is -0.480 e. The summed E-state index contributed by atoms with van der Waals surface area (Å²) in [6.45, 7) is -0.239. The number of benzene rings is 2. The van der Waals surface area contributed by atoms with Crippen molar-refractivity contribution < 1.29 is 53.4 Å². The summed E-state index contributed by atoms with van der Waals surface area (Å²) in [4.78, 5) is 126. The molecule has 8 atom stereocenters. The number of guanidine groups is 1. The van der Waals surface area contributed by atoms with Crippen LogP contribution in [0.2, 0.25) is 0 Å². The van der Waals surface area contributed by atoms with E-state index in [2.05, 4.69) is 31.9 Å². The fourth-order valence-corrected chi connectivity index (χ4v) is 9.56. The molecule has 0 aliphatic carbocycles. The number of aliphatic hydroxyl groups excluding tert-OH is 1. The molecule has 24 nitrogen and oxygen atoms in total. The number of hydrogen-bond acceptors (Lipinski definition) is 13. The molecule has 3 aliphatic rings. The van der Waals surface area contributed by atoms with Crippen LogP contribution in [0.5, 0.6) is 0 Å². The Labute approximate surface area is 430 Å². The van der Waals surface area contributed by atoms with E-state index in [1.165, 1.54) is 14.7 Å². The number of unbranched alkanes of at least 4 members (excludes halogenated alkanes) is 1. The van der Waals surface area contributed by atoms with Gasteiger partial charge in [0.25, 0.3) is 0 Å². The highest BCUT2D eigenvalue weighted by atomic mass is 16.4. The van der Waals surface area contributed by atoms with Crippen molar-refractivity contribution in [3.05, 3.63) is 71.8 Å². The number of aliphatic hydroxyl groups is 1. The maximum absolute atomic E-state index is 14.2. The number of carbonyl (C=O) groups is 9. The molecule has 0 spiro atoms. The molecule has 8 amide bonds. The van der Waals surface area contributed by atoms with E-state index in [9.17, 15) is 53.4 Å². The molecule has 3 aliphatic heterocycles. The highest BCUT2D eigenvalue weighted by Gasteiger charge is 2.44. The second-order valence-electron chi connectivity index (χ2n) is 18.9. The minimum atomic E-state index is -1.54. The number of amides is 8. The van der Waals surface area contributed by atoms with Crippen LogP contribution in [-0.2, 0) is 56.0 Å². The van der Waals surface area contributed by atoms with Gasteiger partial charge in [-0.1, -0.05) is 67.1 Å². The summed E-state index contributed by atoms with van der Waals surface area (Å²) in [5, 5.41) is 43.4. The first-order valence-corrected chi connectivity index (χ1v) is 25.4. The molecular formula is C50H73N13O11. The number of carboxylic acid groups (broad SMARTS) is 1. The van der Waals surface area contributed by atoms with E-state index in [4.69, 9.17) is 22.6 Å². The van der Waals surface area contributed by atoms with Gasteiger partial charge in [-0.2, -0.15) is 0 Å². The van der Waals surface area contributed by atoms with E-state index in [0.717, 1.165) is 0 Å². The SMILES string of the molecule is N=C(N)NCCC[C@H](NC(=O)[C@@H](N)CCCCN)C(=O)N1CCC[C@H]1C(=O)N1CCC[C@H]1C(=O)NCC(=O)N[C@@H](Cc1ccccc1)C(=O)N[C@@H](CO)C(=O)N1CCC[C@H]1C(=O)N[C@@H](Cc1ccccc1)C(=O)O. The van der Waals surface area contributed by atoms with Crippen molar-refractivity contribution in [3.8, 4) is 0 Å². The predicted molar refractivity (Wildman–Crippen MR) is 270 cm³/mol. The van der Waals surface area contributed by atoms with E-state index in [1.807, 2.05) is 0 Å². The number of rotatable bonds is 27. The maximum atomic E-state index is 14.2. The molecular weight excluding hydrogens is 959 g/mol. The molecule has 0 saturated carbocycles. The number of nitrogens with two attached hydrogens (primary N) is 3. The quantitative estimate of drug-likeness (QED) is 0.0246. The first-order chi connectivity index (χ1) is 35.5. The number of carboxylic acids is 1. The fourth-order valence-electron chi connectivity index (χ4n) is 9.56. The third-order valence-corrected chi connectivity index (χ3v) is 13.5. The number of likely N-dealkylation sites (tertiary alicyclic amines) is 3. The standard InChI is InChI=1S/C50H73N13O11/c51-22-8-7-17-33(52)42(66)58-34(18-9-23-55-50(53)54)46(70)63-26-12-21-40(63)48(72)62-25-10-19-38(62)44(68)56-29-41(65)57-35(27-31-13-3-1-4-14-31)43(67)60-37(30-64)47(71)61-24-11-20-39(61)45(69)59-36(49(73)74)28-32-15-5-2-6-16-32/h1-6,13-16,33-40,64H,7-12,17-30,51-52H2,(H,56,68)(H,57,65)(H,58,66)(H,59,69)(H,60,67)(H,73,74)(H4,53,54,55)/t33-,34-,35-,36-,37-,38-,39-,40-/m0/s1. The Kier molecular flexibility index (Phi) is 22.5. The van der Waals surface area contributed by atoms with Gasteiger partial charge >= 0.3 is 5.97 Å². The second kappa shape index (κ2) is 28.9. The molecule has 24 heteroatoms. The first-order valence-electron chi connectivity index (χ1n) is 25.4. The van der Waals surface area contributed by atoms with Crippen molar-refractivity contribution in [3.63, 3.8) is 0 Å². The molecule has 74 heavy (non-hydrogen) atoms. The van der Waals surface area contributed by atoms with Crippen LogP contribution < -0.4 is 49.1 Å². The van der Waals surface area contributed by atoms with Crippen molar-refractivity contribution in [2.24, 2.45) is 17.2 Å². The maximum Gasteiger partial charge on any atom is 0.326 e. The highest BCUT2D eigenvalue weighted by Crippen LogP contribution is 2.26. The smallest absolute Gasteiger partial charge is 0.326 e. The third-order valence-electron chi connectivity index (χ3n) is 13.5. The van der Waals surface area contributed by atoms with Gasteiger partial charge < -0.3 is 74.0 Å². The Bertz CT molecular complexity index is 2280. The van der Waals surface area contributed by atoms with Crippen LogP contribution in [0.3, 0.4) is 0 Å². The van der Waals surface area contributed by atoms with Gasteiger partial charge in [0.15, 0.2) is 5.96 Å². The normalized spacial score (nSPS) is 19.3. The zero-order chi connectivity index (χ0) is 53.7. The van der Waals surface area contributed by atoms with Crippen LogP contribution in [-0.4, -0.2) is 178 Å². The van der Waals surface area contributed by atoms with Crippen LogP contribution in [0.25, 0.3) is 0 Å². The molecule has 0 unspecified atom stereocenters. The number of aliphatic carboxylic acids is 1. The minimum absolute atomic E-state index is 0.000728. The topological polar surface area (TPSA) is 378 Å². The van der Waals surface area contributed by atoms with Crippen LogP contribution >= 0.6 is 0 Å². The molecule has 5 rings (SSSR count). The fraction of sp³-hybridized carbons (Fsp3) is 0.560. The summed E-state index contributed by atoms with van der Waals surface area (Å²) in [7, 11) is 0. The number of hydrogen-bond donors (Lipinski definition) is 12. The molecule has 3 heterocycles. The van der Waals surface area contributed by atoms with Gasteiger partial charge in [0.2, 0.25) is 47.3 Å². The monoisotopic (exact) mass is 1030 g/mol. The number of carbonyl (C=O) groups excluding carboxylic acids is 8. The summed E-state index contributed by atoms with van der Waals surface area (Å²) in [6, 6.07) is 8.30. The average Bonchev–Trinajstić information content (AvgIpc) is 4.20. The van der Waals surface area contributed by atoms with Crippen LogP contribution in [0, 0.1) is 5.41 Å². The van der Waals surface area contributed by atoms with Crippen molar-refractivity contribution in [2.45, 2.75) is 132 Å². The zero-order valence-corrected chi connectivity index (χ0v) is 41.7. The lowest BCUT2D eigenvalue weighted by molar-refractivity contribution is -0.148. The van der Waals surface area contributed by atoms with Gasteiger partial charge in [-0.25, -0.2) is 4.79 Å². The van der Waals surface area contributed by atoms with Crippen LogP contribution in [0.1, 0.15) is 81.8 Å². The van der Waals surface area contributed by atoms with Gasteiger partial charge in [0.1, 0.15) is 42.3 Å². The first kappa shape index (κ1) is 57.7. The van der Waals surface area contributed by atoms with Gasteiger partial charge in [0.05, 0.1) is 19.2 Å². The second-order valence-corrected chi connectivity index (χ2v) is 18.9. The molecule has 404 valence electrons. The molecule has 3 fully saturated rings. The largest absolute Gasteiger partial charge is 0.480 e. The summed E-state index contributed by atoms with van der Waals surface area (Å²) in [6.07, 6.45) is 4.25. The molecule has 0 aromatic heterocycles. The lowest BCUT2D eigenvalue weighted by Gasteiger charge is -2.33. The van der Waals surface area contributed by atoms with E-state index >= 15 is 0 Å². The van der Waals surface area contributed by atoms with E-state index < -0.39 is 115 Å². The molecule has 0 bridgehead atoms. The summed E-state index contributed by atoms with van der Waals surface area (Å²) < 4.78 is 0. The van der Waals surface area contributed by atoms with Gasteiger partial charge in [-0.3, -0.25) is 43.8 Å². The summed E-state index contributed by atoms with van der Waals surface area (Å²) in [5.41, 5.74) is 18.5. The van der Waals surface area contributed by atoms with Crippen molar-refractivity contribution >= 4 is 59.2 Å². The number of nitrogens with zero attached hydrogens (tertiary/aromatic N) is 3. The van der Waals surface area contributed by atoms with E-state index in [-0.39, 0.29) is 64.2 Å². The van der Waals surface area contributed by atoms with Gasteiger partial charge in [0, 0.05) is 39.0 Å². The molecule has 2 aromatic carbocycles. The van der Waals surface area contributed by atoms with Gasteiger partial charge in [-0.15, -0.1) is 0 Å². The van der Waals surface area contributed by atoms with Crippen LogP contribution in [0.4, 0.5) is 0 Å². The lowest BCUT2D eigenvalue weighted by atomic mass is 10.0. The zero-order valence-electron chi connectivity index (χ0n) is 41.7. The summed E-state index contributed by atoms with van der Waals surface area (Å²) in [5.74, 6) is -6.74. The van der Waals surface area contributed by atoms with Crippen molar-refractivity contribution in [2.75, 3.05) is 45.9 Å². The highest BCUT2D eigenvalue weighted by molar-refractivity contribution is 5.98. The van der Waals surface area contributed by atoms with E-state index in [1.54, 1.807) is 60.7 Å². The van der Waals surface area contributed by atoms with Gasteiger partial charge in [-0.05, 0) is 81.9 Å². The Hall–Kier alpha value is -7.18. The molecule has 15 N–H and O–H groups in total. The van der Waals surface area contributed by atoms with Crippen LogP contribution in [0.15, 0.2) is 60.7 Å². The Morgan fingerprint density at radius 2 is 1.16 bits per heavy atom. The number of nitrogens with one attached hydrogen (secondary N) is 7. The molecule has 3 saturated heterocycles.